The fraction of sp³-hybridized carbons (Fsp3) is 0.882. The maximum atomic E-state index is 12.4. The summed E-state index contributed by atoms with van der Waals surface area (Å²) in [5.74, 6) is -0.0976. The van der Waals surface area contributed by atoms with Gasteiger partial charge in [-0.05, 0) is 57.8 Å². The van der Waals surface area contributed by atoms with E-state index in [0.29, 0.717) is 19.4 Å². The quantitative estimate of drug-likeness (QED) is 0.0324. The highest BCUT2D eigenvalue weighted by Gasteiger charge is 2.18. The highest BCUT2D eigenvalue weighted by molar-refractivity contribution is 5.76. The summed E-state index contributed by atoms with van der Waals surface area (Å²) in [6.07, 6.45) is 54.5. The van der Waals surface area contributed by atoms with Gasteiger partial charge in [0.1, 0.15) is 0 Å². The third-order valence-corrected chi connectivity index (χ3v) is 11.5. The Labute approximate surface area is 354 Å². The van der Waals surface area contributed by atoms with Crippen molar-refractivity contribution in [3.05, 3.63) is 24.3 Å². The molecule has 2 unspecified atom stereocenters. The van der Waals surface area contributed by atoms with Gasteiger partial charge in [0, 0.05) is 12.8 Å². The Balaban J connectivity index is 3.49. The van der Waals surface area contributed by atoms with Gasteiger partial charge in [-0.15, -0.1) is 0 Å². The van der Waals surface area contributed by atoms with Crippen molar-refractivity contribution < 1.29 is 24.5 Å². The molecule has 1 amide bonds. The third kappa shape index (κ3) is 43.7. The molecule has 6 nitrogen and oxygen atoms in total. The maximum absolute atomic E-state index is 12.4. The van der Waals surface area contributed by atoms with Crippen molar-refractivity contribution in [1.82, 2.24) is 5.32 Å². The number of rotatable bonds is 46. The Kier molecular flexibility index (Phi) is 45.7. The largest absolute Gasteiger partial charge is 0.466 e. The Hall–Kier alpha value is -1.66. The number of aliphatic hydroxyl groups excluding tert-OH is 2. The van der Waals surface area contributed by atoms with Crippen LogP contribution in [0.25, 0.3) is 0 Å². The lowest BCUT2D eigenvalue weighted by molar-refractivity contribution is -0.143. The van der Waals surface area contributed by atoms with E-state index in [1.54, 1.807) is 6.08 Å². The van der Waals surface area contributed by atoms with Crippen LogP contribution in [-0.4, -0.2) is 47.4 Å². The summed E-state index contributed by atoms with van der Waals surface area (Å²) in [5.41, 5.74) is 0. The zero-order valence-corrected chi connectivity index (χ0v) is 38.1. The van der Waals surface area contributed by atoms with Crippen molar-refractivity contribution >= 4 is 11.9 Å². The van der Waals surface area contributed by atoms with Gasteiger partial charge in [-0.2, -0.15) is 0 Å². The normalized spacial score (nSPS) is 12.8. The molecule has 336 valence electrons. The number of esters is 1. The van der Waals surface area contributed by atoms with Crippen molar-refractivity contribution in [3.63, 3.8) is 0 Å². The lowest BCUT2D eigenvalue weighted by Crippen LogP contribution is -2.45. The van der Waals surface area contributed by atoms with E-state index in [-0.39, 0.29) is 18.5 Å². The second kappa shape index (κ2) is 47.0. The molecule has 0 saturated heterocycles. The molecular weight excluding hydrogens is 707 g/mol. The van der Waals surface area contributed by atoms with Gasteiger partial charge in [0.2, 0.25) is 5.91 Å². The summed E-state index contributed by atoms with van der Waals surface area (Å²) in [5, 5.41) is 23.0. The third-order valence-electron chi connectivity index (χ3n) is 11.5. The molecule has 0 saturated carbocycles. The standard InChI is InChI=1S/C51H97NO5/c1-3-5-7-9-11-13-15-17-21-25-29-33-37-41-45-51(56)57-46-42-38-34-30-26-22-18-20-24-28-32-36-40-44-50(55)52-48(47-53)49(54)43-39-35-31-27-23-19-16-14-12-10-8-6-4-2/h15,17,39,43,48-49,53-54H,3-14,16,18-38,40-42,44-47H2,1-2H3,(H,52,55)/b17-15-,43-39+. The Morgan fingerprint density at radius 3 is 1.25 bits per heavy atom. The van der Waals surface area contributed by atoms with Gasteiger partial charge in [0.05, 0.1) is 25.4 Å². The van der Waals surface area contributed by atoms with Crippen molar-refractivity contribution in [2.45, 2.75) is 276 Å². The van der Waals surface area contributed by atoms with Crippen LogP contribution in [0, 0.1) is 0 Å². The van der Waals surface area contributed by atoms with Crippen LogP contribution in [0.2, 0.25) is 0 Å². The molecule has 0 aromatic rings. The predicted molar refractivity (Wildman–Crippen MR) is 246 cm³/mol. The van der Waals surface area contributed by atoms with Gasteiger partial charge in [-0.1, -0.05) is 218 Å². The highest BCUT2D eigenvalue weighted by Crippen LogP contribution is 2.15. The van der Waals surface area contributed by atoms with Gasteiger partial charge in [0.15, 0.2) is 0 Å². The zero-order valence-electron chi connectivity index (χ0n) is 38.1. The van der Waals surface area contributed by atoms with Gasteiger partial charge in [-0.3, -0.25) is 9.59 Å². The molecule has 0 bridgehead atoms. The van der Waals surface area contributed by atoms with E-state index in [2.05, 4.69) is 31.3 Å². The molecule has 0 aliphatic heterocycles. The van der Waals surface area contributed by atoms with E-state index >= 15 is 0 Å². The molecule has 0 heterocycles. The summed E-state index contributed by atoms with van der Waals surface area (Å²) in [6.45, 7) is 4.85. The number of carbonyl (C=O) groups excluding carboxylic acids is 2. The Bertz CT molecular complexity index is 889. The van der Waals surface area contributed by atoms with E-state index in [1.807, 2.05) is 6.08 Å². The number of nitrogens with one attached hydrogen (secondary N) is 1. The van der Waals surface area contributed by atoms with E-state index in [0.717, 1.165) is 57.8 Å². The highest BCUT2D eigenvalue weighted by atomic mass is 16.5. The van der Waals surface area contributed by atoms with E-state index in [4.69, 9.17) is 4.74 Å². The van der Waals surface area contributed by atoms with Crippen LogP contribution in [-0.2, 0) is 14.3 Å². The summed E-state index contributed by atoms with van der Waals surface area (Å²) < 4.78 is 5.45. The Morgan fingerprint density at radius 1 is 0.474 bits per heavy atom. The van der Waals surface area contributed by atoms with Gasteiger partial charge in [-0.25, -0.2) is 0 Å². The van der Waals surface area contributed by atoms with Gasteiger partial charge >= 0.3 is 5.97 Å². The predicted octanol–water partition coefficient (Wildman–Crippen LogP) is 14.7. The fourth-order valence-electron chi connectivity index (χ4n) is 7.57. The molecule has 0 aromatic carbocycles. The molecule has 0 aliphatic carbocycles. The lowest BCUT2D eigenvalue weighted by Gasteiger charge is -2.20. The number of allylic oxidation sites excluding steroid dienone is 3. The molecule has 0 radical (unpaired) electrons. The van der Waals surface area contributed by atoms with E-state index in [9.17, 15) is 19.8 Å². The molecule has 0 spiro atoms. The molecule has 0 rings (SSSR count). The minimum atomic E-state index is -0.852. The summed E-state index contributed by atoms with van der Waals surface area (Å²) in [6, 6.07) is -0.636. The molecule has 3 N–H and O–H groups in total. The molecular formula is C51H97NO5. The van der Waals surface area contributed by atoms with Crippen LogP contribution in [0.3, 0.4) is 0 Å². The van der Waals surface area contributed by atoms with Gasteiger partial charge in [0.25, 0.3) is 0 Å². The fourth-order valence-corrected chi connectivity index (χ4v) is 7.57. The molecule has 57 heavy (non-hydrogen) atoms. The first-order valence-corrected chi connectivity index (χ1v) is 25.1. The SMILES string of the molecule is CCCCCCC/C=C\CCCCCCCC(=O)OCCCCCCCCCCCCCCCC(=O)NC(CO)C(O)/C=C/CCCCCCCCCCCCC. The van der Waals surface area contributed by atoms with E-state index < -0.39 is 12.1 Å². The Morgan fingerprint density at radius 2 is 0.825 bits per heavy atom. The minimum Gasteiger partial charge on any atom is -0.466 e. The van der Waals surface area contributed by atoms with Crippen LogP contribution >= 0.6 is 0 Å². The van der Waals surface area contributed by atoms with Gasteiger partial charge < -0.3 is 20.3 Å². The van der Waals surface area contributed by atoms with Crippen molar-refractivity contribution in [1.29, 1.82) is 0 Å². The van der Waals surface area contributed by atoms with Crippen LogP contribution in [0.15, 0.2) is 24.3 Å². The molecule has 2 atom stereocenters. The lowest BCUT2D eigenvalue weighted by atomic mass is 10.0. The first-order valence-electron chi connectivity index (χ1n) is 25.1. The number of ether oxygens (including phenoxy) is 1. The zero-order chi connectivity index (χ0) is 41.5. The first-order chi connectivity index (χ1) is 28.0. The smallest absolute Gasteiger partial charge is 0.305 e. The second-order valence-corrected chi connectivity index (χ2v) is 17.1. The topological polar surface area (TPSA) is 95.9 Å². The molecule has 0 fully saturated rings. The first kappa shape index (κ1) is 55.3. The van der Waals surface area contributed by atoms with Crippen molar-refractivity contribution in [2.24, 2.45) is 0 Å². The van der Waals surface area contributed by atoms with Crippen LogP contribution in [0.1, 0.15) is 264 Å². The monoisotopic (exact) mass is 804 g/mol. The summed E-state index contributed by atoms with van der Waals surface area (Å²) in [4.78, 5) is 24.4. The van der Waals surface area contributed by atoms with Crippen molar-refractivity contribution in [3.8, 4) is 0 Å². The van der Waals surface area contributed by atoms with E-state index in [1.165, 1.54) is 180 Å². The number of unbranched alkanes of at least 4 members (excludes halogenated alkanes) is 33. The molecule has 6 heteroatoms. The number of hydrogen-bond acceptors (Lipinski definition) is 5. The van der Waals surface area contributed by atoms with Crippen LogP contribution < -0.4 is 5.32 Å². The minimum absolute atomic E-state index is 0.0158. The average Bonchev–Trinajstić information content (AvgIpc) is 3.21. The van der Waals surface area contributed by atoms with Crippen LogP contribution in [0.5, 0.6) is 0 Å². The molecule has 0 aliphatic rings. The number of amides is 1. The summed E-state index contributed by atoms with van der Waals surface area (Å²) in [7, 11) is 0. The van der Waals surface area contributed by atoms with Crippen molar-refractivity contribution in [2.75, 3.05) is 13.2 Å². The number of carbonyl (C=O) groups is 2. The number of aliphatic hydroxyl groups is 2. The summed E-state index contributed by atoms with van der Waals surface area (Å²) >= 11 is 0. The number of hydrogen-bond donors (Lipinski definition) is 3. The second-order valence-electron chi connectivity index (χ2n) is 17.1. The maximum Gasteiger partial charge on any atom is 0.305 e. The average molecular weight is 804 g/mol. The molecule has 0 aromatic heterocycles. The van der Waals surface area contributed by atoms with Crippen LogP contribution in [0.4, 0.5) is 0 Å².